The molecule has 1 heterocycles. The Morgan fingerprint density at radius 2 is 1.74 bits per heavy atom. The molecule has 0 atom stereocenters. The Bertz CT molecular complexity index is 1300. The Balaban J connectivity index is 1.25. The van der Waals surface area contributed by atoms with Crippen LogP contribution in [0.5, 0.6) is 11.5 Å². The zero-order valence-corrected chi connectivity index (χ0v) is 19.2. The van der Waals surface area contributed by atoms with Crippen LogP contribution in [-0.2, 0) is 16.1 Å². The van der Waals surface area contributed by atoms with E-state index in [4.69, 9.17) is 18.7 Å². The van der Waals surface area contributed by atoms with Crippen molar-refractivity contribution >= 4 is 17.6 Å². The van der Waals surface area contributed by atoms with Crippen LogP contribution in [0.15, 0.2) is 77.3 Å². The topological polar surface area (TPSA) is 113 Å². The molecule has 35 heavy (non-hydrogen) atoms. The Labute approximate surface area is 201 Å². The molecule has 9 heteroatoms. The molecule has 178 valence electrons. The van der Waals surface area contributed by atoms with Crippen LogP contribution >= 0.6 is 0 Å². The van der Waals surface area contributed by atoms with E-state index in [2.05, 4.69) is 15.5 Å². The molecular formula is C26H23N3O6. The number of hydrogen-bond donors (Lipinski definition) is 1. The number of anilines is 1. The number of methoxy groups -OCH3 is 1. The molecule has 1 amide bonds. The Morgan fingerprint density at radius 3 is 2.49 bits per heavy atom. The van der Waals surface area contributed by atoms with Gasteiger partial charge in [0.1, 0.15) is 11.5 Å². The fourth-order valence-corrected chi connectivity index (χ4v) is 3.08. The van der Waals surface area contributed by atoms with Crippen LogP contribution in [0, 0.1) is 6.92 Å². The van der Waals surface area contributed by atoms with Crippen LogP contribution in [0.2, 0.25) is 0 Å². The van der Waals surface area contributed by atoms with Crippen molar-refractivity contribution in [2.75, 3.05) is 19.0 Å². The number of hydrogen-bond acceptors (Lipinski definition) is 8. The highest BCUT2D eigenvalue weighted by molar-refractivity contribution is 5.92. The summed E-state index contributed by atoms with van der Waals surface area (Å²) in [5, 5.41) is 6.64. The predicted octanol–water partition coefficient (Wildman–Crippen LogP) is 4.43. The van der Waals surface area contributed by atoms with E-state index in [-0.39, 0.29) is 25.0 Å². The first-order valence-electron chi connectivity index (χ1n) is 10.7. The number of amides is 1. The summed E-state index contributed by atoms with van der Waals surface area (Å²) in [5.74, 6) is 0.802. The van der Waals surface area contributed by atoms with E-state index in [0.717, 1.165) is 11.1 Å². The highest BCUT2D eigenvalue weighted by atomic mass is 16.6. The van der Waals surface area contributed by atoms with E-state index in [1.165, 1.54) is 0 Å². The van der Waals surface area contributed by atoms with Crippen LogP contribution in [0.25, 0.3) is 11.4 Å². The molecule has 0 saturated heterocycles. The fourth-order valence-electron chi connectivity index (χ4n) is 3.08. The summed E-state index contributed by atoms with van der Waals surface area (Å²) in [6, 6.07) is 20.9. The Kier molecular flexibility index (Phi) is 7.37. The molecule has 3 aromatic carbocycles. The summed E-state index contributed by atoms with van der Waals surface area (Å²) in [6.07, 6.45) is 0. The highest BCUT2D eigenvalue weighted by Gasteiger charge is 2.13. The highest BCUT2D eigenvalue weighted by Crippen LogP contribution is 2.19. The third kappa shape index (κ3) is 6.44. The van der Waals surface area contributed by atoms with Crippen LogP contribution in [0.4, 0.5) is 5.69 Å². The Hall–Kier alpha value is -4.66. The number of benzene rings is 3. The molecule has 4 aromatic rings. The van der Waals surface area contributed by atoms with Crippen molar-refractivity contribution in [3.63, 3.8) is 0 Å². The zero-order valence-electron chi connectivity index (χ0n) is 19.2. The van der Waals surface area contributed by atoms with Gasteiger partial charge in [-0.15, -0.1) is 0 Å². The van der Waals surface area contributed by atoms with Gasteiger partial charge in [0.15, 0.2) is 13.2 Å². The van der Waals surface area contributed by atoms with E-state index >= 15 is 0 Å². The lowest BCUT2D eigenvalue weighted by atomic mass is 10.1. The minimum absolute atomic E-state index is 0.152. The van der Waals surface area contributed by atoms with Gasteiger partial charge in [-0.3, -0.25) is 4.79 Å². The lowest BCUT2D eigenvalue weighted by molar-refractivity contribution is -0.118. The van der Waals surface area contributed by atoms with E-state index in [9.17, 15) is 9.59 Å². The van der Waals surface area contributed by atoms with Gasteiger partial charge < -0.3 is 24.1 Å². The van der Waals surface area contributed by atoms with E-state index in [1.807, 2.05) is 31.2 Å². The quantitative estimate of drug-likeness (QED) is 0.355. The van der Waals surface area contributed by atoms with Gasteiger partial charge in [0.2, 0.25) is 5.82 Å². The van der Waals surface area contributed by atoms with Gasteiger partial charge >= 0.3 is 5.97 Å². The number of rotatable bonds is 9. The van der Waals surface area contributed by atoms with Gasteiger partial charge in [0.25, 0.3) is 11.8 Å². The average molecular weight is 473 g/mol. The van der Waals surface area contributed by atoms with Crippen LogP contribution < -0.4 is 14.8 Å². The molecule has 4 rings (SSSR count). The summed E-state index contributed by atoms with van der Waals surface area (Å²) in [5.41, 5.74) is 2.85. The first-order valence-corrected chi connectivity index (χ1v) is 10.7. The summed E-state index contributed by atoms with van der Waals surface area (Å²) >= 11 is 0. The number of aromatic nitrogens is 2. The van der Waals surface area contributed by atoms with Crippen LogP contribution in [-0.4, -0.2) is 35.7 Å². The standard InChI is InChI=1S/C26H23N3O6/c1-17-6-8-18(9-7-17)25-28-24(35-29-25)16-34-26(31)19-10-12-21(13-11-19)33-15-23(30)27-20-4-3-5-22(14-20)32-2/h3-14H,15-16H2,1-2H3,(H,27,30). The van der Waals surface area contributed by atoms with Gasteiger partial charge in [0, 0.05) is 17.3 Å². The molecule has 0 aliphatic heterocycles. The zero-order chi connectivity index (χ0) is 24.6. The van der Waals surface area contributed by atoms with Crippen molar-refractivity contribution in [3.05, 3.63) is 89.8 Å². The maximum absolute atomic E-state index is 12.3. The molecule has 0 bridgehead atoms. The normalized spacial score (nSPS) is 10.5. The maximum atomic E-state index is 12.3. The SMILES string of the molecule is COc1cccc(NC(=O)COc2ccc(C(=O)OCc3nc(-c4ccc(C)cc4)no3)cc2)c1. The van der Waals surface area contributed by atoms with Gasteiger partial charge in [-0.2, -0.15) is 4.98 Å². The number of esters is 1. The van der Waals surface area contributed by atoms with Crippen molar-refractivity contribution < 1.29 is 28.3 Å². The number of ether oxygens (including phenoxy) is 3. The number of carbonyl (C=O) groups is 2. The summed E-state index contributed by atoms with van der Waals surface area (Å²) in [7, 11) is 1.55. The van der Waals surface area contributed by atoms with E-state index in [1.54, 1.807) is 55.6 Å². The van der Waals surface area contributed by atoms with Gasteiger partial charge in [0.05, 0.1) is 12.7 Å². The second-order valence-electron chi connectivity index (χ2n) is 7.55. The lowest BCUT2D eigenvalue weighted by Crippen LogP contribution is -2.20. The van der Waals surface area contributed by atoms with Crippen molar-refractivity contribution in [2.45, 2.75) is 13.5 Å². The fraction of sp³-hybridized carbons (Fsp3) is 0.154. The monoisotopic (exact) mass is 473 g/mol. The van der Waals surface area contributed by atoms with E-state index in [0.29, 0.717) is 28.6 Å². The first kappa shape index (κ1) is 23.5. The number of nitrogens with zero attached hydrogens (tertiary/aromatic N) is 2. The van der Waals surface area contributed by atoms with Crippen LogP contribution in [0.3, 0.4) is 0 Å². The summed E-state index contributed by atoms with van der Waals surface area (Å²) in [4.78, 5) is 28.7. The van der Waals surface area contributed by atoms with Crippen molar-refractivity contribution in [2.24, 2.45) is 0 Å². The molecule has 0 radical (unpaired) electrons. The van der Waals surface area contributed by atoms with Crippen molar-refractivity contribution in [1.29, 1.82) is 0 Å². The molecule has 0 unspecified atom stereocenters. The number of nitrogens with one attached hydrogen (secondary N) is 1. The first-order chi connectivity index (χ1) is 17.0. The van der Waals surface area contributed by atoms with Gasteiger partial charge in [-0.1, -0.05) is 41.1 Å². The second-order valence-corrected chi connectivity index (χ2v) is 7.55. The largest absolute Gasteiger partial charge is 0.497 e. The predicted molar refractivity (Wildman–Crippen MR) is 127 cm³/mol. The minimum Gasteiger partial charge on any atom is -0.497 e. The maximum Gasteiger partial charge on any atom is 0.338 e. The second kappa shape index (κ2) is 11.0. The van der Waals surface area contributed by atoms with Crippen LogP contribution in [0.1, 0.15) is 21.8 Å². The third-order valence-electron chi connectivity index (χ3n) is 4.92. The summed E-state index contributed by atoms with van der Waals surface area (Å²) < 4.78 is 21.0. The molecule has 9 nitrogen and oxygen atoms in total. The van der Waals surface area contributed by atoms with Crippen molar-refractivity contribution in [1.82, 2.24) is 10.1 Å². The molecule has 0 fully saturated rings. The molecule has 0 aliphatic rings. The van der Waals surface area contributed by atoms with E-state index < -0.39 is 5.97 Å². The molecular weight excluding hydrogens is 450 g/mol. The Morgan fingerprint density at radius 1 is 0.971 bits per heavy atom. The lowest BCUT2D eigenvalue weighted by Gasteiger charge is -2.09. The third-order valence-corrected chi connectivity index (χ3v) is 4.92. The molecule has 0 saturated carbocycles. The minimum atomic E-state index is -0.553. The number of carbonyl (C=O) groups excluding carboxylic acids is 2. The van der Waals surface area contributed by atoms with Crippen molar-refractivity contribution in [3.8, 4) is 22.9 Å². The number of aryl methyl sites for hydroxylation is 1. The molecule has 1 aromatic heterocycles. The van der Waals surface area contributed by atoms with Gasteiger partial charge in [-0.25, -0.2) is 4.79 Å². The molecule has 0 spiro atoms. The average Bonchev–Trinajstić information content (AvgIpc) is 3.36. The van der Waals surface area contributed by atoms with Gasteiger partial charge in [-0.05, 0) is 43.3 Å². The molecule has 0 aliphatic carbocycles. The smallest absolute Gasteiger partial charge is 0.338 e. The molecule has 1 N–H and O–H groups in total. The summed E-state index contributed by atoms with van der Waals surface area (Å²) in [6.45, 7) is 1.64.